The number of aryl methyl sites for hydroxylation is 1. The van der Waals surface area contributed by atoms with Crippen LogP contribution >= 0.6 is 35.1 Å². The van der Waals surface area contributed by atoms with Gasteiger partial charge in [0.15, 0.2) is 5.17 Å². The number of hydrogen-bond acceptors (Lipinski definition) is 5. The molecule has 0 radical (unpaired) electrons. The number of carbonyl (C=O) groups is 1. The molecule has 1 saturated heterocycles. The lowest BCUT2D eigenvalue weighted by Gasteiger charge is -2.15. The highest BCUT2D eigenvalue weighted by molar-refractivity contribution is 8.19. The zero-order valence-corrected chi connectivity index (χ0v) is 17.6. The minimum absolute atomic E-state index is 0.00150. The summed E-state index contributed by atoms with van der Waals surface area (Å²) in [6.45, 7) is 4.49. The van der Waals surface area contributed by atoms with E-state index in [9.17, 15) is 4.79 Å². The molecule has 0 aromatic heterocycles. The molecular weight excluding hydrogens is 398 g/mol. The first kappa shape index (κ1) is 18.5. The first-order valence-corrected chi connectivity index (χ1v) is 10.6. The van der Waals surface area contributed by atoms with Crippen LogP contribution in [0, 0.1) is 6.92 Å². The second kappa shape index (κ2) is 7.26. The van der Waals surface area contributed by atoms with Crippen LogP contribution in [0.15, 0.2) is 62.3 Å². The lowest BCUT2D eigenvalue weighted by atomic mass is 10.2. The van der Waals surface area contributed by atoms with Crippen molar-refractivity contribution in [1.29, 1.82) is 0 Å². The highest BCUT2D eigenvalue weighted by Crippen LogP contribution is 2.49. The molecule has 4 rings (SSSR count). The third-order valence-corrected chi connectivity index (χ3v) is 7.33. The smallest absolute Gasteiger partial charge is 0.269 e. The molecule has 0 unspecified atom stereocenters. The molecule has 1 fully saturated rings. The monoisotopic (exact) mass is 415 g/mol. The summed E-state index contributed by atoms with van der Waals surface area (Å²) in [5, 5.41) is 2.32. The minimum atomic E-state index is 0.00150. The molecule has 0 spiro atoms. The zero-order valence-electron chi connectivity index (χ0n) is 15.2. The van der Waals surface area contributed by atoms with Crippen molar-refractivity contribution in [3.05, 3.63) is 63.0 Å². The molecule has 1 amide bonds. The number of rotatable bonds is 2. The zero-order chi connectivity index (χ0) is 19.1. The molecule has 4 nitrogen and oxygen atoms in total. The molecule has 2 aromatic carbocycles. The van der Waals surface area contributed by atoms with Gasteiger partial charge in [-0.2, -0.15) is 0 Å². The van der Waals surface area contributed by atoms with Gasteiger partial charge in [0.25, 0.3) is 5.91 Å². The van der Waals surface area contributed by atoms with Gasteiger partial charge in [-0.1, -0.05) is 41.6 Å². The Morgan fingerprint density at radius 2 is 1.93 bits per heavy atom. The van der Waals surface area contributed by atoms with E-state index in [0.29, 0.717) is 16.7 Å². The number of hydrogen-bond donors (Lipinski definition) is 0. The summed E-state index contributed by atoms with van der Waals surface area (Å²) in [5.41, 5.74) is 2.88. The summed E-state index contributed by atoms with van der Waals surface area (Å²) >= 11 is 9.29. The van der Waals surface area contributed by atoms with E-state index in [0.717, 1.165) is 31.8 Å². The maximum atomic E-state index is 13.0. The number of aliphatic imine (C=N–C) groups is 1. The number of amidine groups is 1. The first-order chi connectivity index (χ1) is 13.0. The van der Waals surface area contributed by atoms with E-state index in [1.165, 1.54) is 11.8 Å². The largest absolute Gasteiger partial charge is 0.337 e. The third-order valence-electron chi connectivity index (χ3n) is 4.49. The van der Waals surface area contributed by atoms with Crippen molar-refractivity contribution >= 4 is 57.6 Å². The van der Waals surface area contributed by atoms with Gasteiger partial charge in [0.1, 0.15) is 4.91 Å². The van der Waals surface area contributed by atoms with Crippen molar-refractivity contribution < 1.29 is 4.79 Å². The molecule has 2 aliphatic rings. The van der Waals surface area contributed by atoms with Gasteiger partial charge in [0, 0.05) is 23.5 Å². The van der Waals surface area contributed by atoms with Gasteiger partial charge in [-0.25, -0.2) is 4.99 Å². The van der Waals surface area contributed by atoms with Gasteiger partial charge >= 0.3 is 0 Å². The number of benzene rings is 2. The van der Waals surface area contributed by atoms with Crippen LogP contribution in [-0.4, -0.2) is 29.6 Å². The van der Waals surface area contributed by atoms with Gasteiger partial charge in [-0.3, -0.25) is 9.69 Å². The molecule has 0 N–H and O–H groups in total. The van der Waals surface area contributed by atoms with Crippen LogP contribution in [0.2, 0.25) is 5.02 Å². The van der Waals surface area contributed by atoms with E-state index in [2.05, 4.69) is 17.0 Å². The molecule has 0 atom stereocenters. The molecule has 2 heterocycles. The second-order valence-corrected chi connectivity index (χ2v) is 8.66. The summed E-state index contributed by atoms with van der Waals surface area (Å²) in [7, 11) is 2.00. The molecular formula is C20H18ClN3OS2. The number of amides is 1. The highest BCUT2D eigenvalue weighted by atomic mass is 35.5. The highest BCUT2D eigenvalue weighted by Gasteiger charge is 2.38. The van der Waals surface area contributed by atoms with Crippen LogP contribution in [0.1, 0.15) is 12.5 Å². The minimum Gasteiger partial charge on any atom is -0.337 e. The average molecular weight is 416 g/mol. The van der Waals surface area contributed by atoms with E-state index in [1.54, 1.807) is 16.7 Å². The van der Waals surface area contributed by atoms with Crippen molar-refractivity contribution in [2.24, 2.45) is 4.99 Å². The number of likely N-dealkylation sites (N-methyl/N-ethyl adjacent to an activating group) is 1. The fourth-order valence-electron chi connectivity index (χ4n) is 2.96. The van der Waals surface area contributed by atoms with Crippen LogP contribution in [0.4, 0.5) is 11.4 Å². The van der Waals surface area contributed by atoms with E-state index in [-0.39, 0.29) is 5.91 Å². The Hall–Kier alpha value is -1.89. The van der Waals surface area contributed by atoms with Crippen molar-refractivity contribution in [2.75, 3.05) is 18.5 Å². The van der Waals surface area contributed by atoms with Crippen molar-refractivity contribution in [3.63, 3.8) is 0 Å². The number of fused-ring (bicyclic) bond motifs is 1. The first-order valence-electron chi connectivity index (χ1n) is 8.59. The van der Waals surface area contributed by atoms with Crippen molar-refractivity contribution in [1.82, 2.24) is 4.90 Å². The second-order valence-electron chi connectivity index (χ2n) is 6.24. The lowest BCUT2D eigenvalue weighted by molar-refractivity contribution is -0.122. The number of anilines is 1. The fourth-order valence-corrected chi connectivity index (χ4v) is 5.54. The Balaban J connectivity index is 1.72. The predicted octanol–water partition coefficient (Wildman–Crippen LogP) is 5.64. The third kappa shape index (κ3) is 3.26. The van der Waals surface area contributed by atoms with Gasteiger partial charge < -0.3 is 4.90 Å². The quantitative estimate of drug-likeness (QED) is 0.594. The SMILES string of the molecule is CCN1C(=O)/C(=C2/Sc3ccccc3N2C)SC1=Nc1ccc(C)c(Cl)c1. The molecule has 0 aliphatic carbocycles. The number of halogens is 1. The Labute approximate surface area is 172 Å². The van der Waals surface area contributed by atoms with Gasteiger partial charge in [0.05, 0.1) is 16.4 Å². The molecule has 7 heteroatoms. The molecule has 2 aromatic rings. The van der Waals surface area contributed by atoms with E-state index in [1.807, 2.05) is 51.2 Å². The fraction of sp³-hybridized carbons (Fsp3) is 0.200. The van der Waals surface area contributed by atoms with Crippen LogP contribution < -0.4 is 4.90 Å². The molecule has 0 saturated carbocycles. The topological polar surface area (TPSA) is 35.9 Å². The average Bonchev–Trinajstić information content (AvgIpc) is 3.15. The summed E-state index contributed by atoms with van der Waals surface area (Å²) in [6, 6.07) is 13.9. The van der Waals surface area contributed by atoms with Gasteiger partial charge in [-0.15, -0.1) is 0 Å². The van der Waals surface area contributed by atoms with E-state index < -0.39 is 0 Å². The Bertz CT molecular complexity index is 1000. The maximum absolute atomic E-state index is 13.0. The van der Waals surface area contributed by atoms with Crippen molar-refractivity contribution in [2.45, 2.75) is 18.7 Å². The van der Waals surface area contributed by atoms with Crippen LogP contribution in [0.3, 0.4) is 0 Å². The summed E-state index contributed by atoms with van der Waals surface area (Å²) in [4.78, 5) is 23.4. The Kier molecular flexibility index (Phi) is 4.97. The molecule has 2 aliphatic heterocycles. The normalized spacial score (nSPS) is 20.7. The number of thioether (sulfide) groups is 2. The van der Waals surface area contributed by atoms with Crippen LogP contribution in [0.25, 0.3) is 0 Å². The number of nitrogens with zero attached hydrogens (tertiary/aromatic N) is 3. The summed E-state index contributed by atoms with van der Waals surface area (Å²) in [6.07, 6.45) is 0. The molecule has 0 bridgehead atoms. The Morgan fingerprint density at radius 1 is 1.15 bits per heavy atom. The van der Waals surface area contributed by atoms with E-state index >= 15 is 0 Å². The lowest BCUT2D eigenvalue weighted by Crippen LogP contribution is -2.29. The Morgan fingerprint density at radius 3 is 2.63 bits per heavy atom. The standard InChI is InChI=1S/C20H18ClN3OS2/c1-4-24-18(25)17(19-23(3)15-7-5-6-8-16(15)26-19)27-20(24)22-13-10-9-12(2)14(21)11-13/h5-11H,4H2,1-3H3/b19-17-,22-20?. The predicted molar refractivity (Wildman–Crippen MR) is 116 cm³/mol. The maximum Gasteiger partial charge on any atom is 0.269 e. The summed E-state index contributed by atoms with van der Waals surface area (Å²) < 4.78 is 0. The van der Waals surface area contributed by atoms with Crippen molar-refractivity contribution in [3.8, 4) is 0 Å². The molecule has 27 heavy (non-hydrogen) atoms. The molecule has 138 valence electrons. The number of para-hydroxylation sites is 1. The summed E-state index contributed by atoms with van der Waals surface area (Å²) in [5.74, 6) is 0.00150. The van der Waals surface area contributed by atoms with Gasteiger partial charge in [0.2, 0.25) is 0 Å². The number of carbonyl (C=O) groups excluding carboxylic acids is 1. The van der Waals surface area contributed by atoms with Crippen LogP contribution in [0.5, 0.6) is 0 Å². The van der Waals surface area contributed by atoms with Crippen LogP contribution in [-0.2, 0) is 4.79 Å². The van der Waals surface area contributed by atoms with E-state index in [4.69, 9.17) is 16.6 Å². The van der Waals surface area contributed by atoms with Gasteiger partial charge in [-0.05, 0) is 55.4 Å².